The normalized spacial score (nSPS) is 13.8. The maximum absolute atomic E-state index is 12.0. The summed E-state index contributed by atoms with van der Waals surface area (Å²) in [5, 5.41) is 5.18. The van der Waals surface area contributed by atoms with Gasteiger partial charge in [0.05, 0.1) is 5.69 Å². The Hall–Kier alpha value is -3.40. The molecule has 4 heteroatoms. The predicted molar refractivity (Wildman–Crippen MR) is 95.3 cm³/mol. The van der Waals surface area contributed by atoms with Crippen LogP contribution in [0.2, 0.25) is 0 Å². The topological polar surface area (TPSA) is 49.4 Å². The van der Waals surface area contributed by atoms with Crippen molar-refractivity contribution in [2.75, 3.05) is 10.2 Å². The summed E-state index contributed by atoms with van der Waals surface area (Å²) in [4.78, 5) is 25.2. The van der Waals surface area contributed by atoms with Gasteiger partial charge in [0.2, 0.25) is 0 Å². The van der Waals surface area contributed by atoms with E-state index < -0.39 is 0 Å². The molecule has 1 aliphatic heterocycles. The van der Waals surface area contributed by atoms with Crippen LogP contribution in [0.3, 0.4) is 0 Å². The molecule has 0 bridgehead atoms. The van der Waals surface area contributed by atoms with E-state index in [1.54, 1.807) is 6.07 Å². The van der Waals surface area contributed by atoms with E-state index in [-0.39, 0.29) is 11.8 Å². The van der Waals surface area contributed by atoms with E-state index in [0.717, 1.165) is 22.1 Å². The standard InChI is InChI=1S/C20H14N2O2/c23-19-12-13-20(24)22(19)18-11-10-17(15-8-4-5-9-16(15)18)21-14-6-2-1-3-7-14/h1-13,21H. The second kappa shape index (κ2) is 5.66. The van der Waals surface area contributed by atoms with E-state index in [1.165, 1.54) is 17.1 Å². The monoisotopic (exact) mass is 314 g/mol. The Balaban J connectivity index is 1.84. The number of para-hydroxylation sites is 1. The van der Waals surface area contributed by atoms with E-state index in [2.05, 4.69) is 5.32 Å². The Morgan fingerprint density at radius 1 is 0.667 bits per heavy atom. The number of carbonyl (C=O) groups is 2. The van der Waals surface area contributed by atoms with Gasteiger partial charge in [0.25, 0.3) is 11.8 Å². The number of benzene rings is 3. The van der Waals surface area contributed by atoms with Gasteiger partial charge in [0, 0.05) is 34.3 Å². The molecule has 4 rings (SSSR count). The molecule has 0 fully saturated rings. The lowest BCUT2D eigenvalue weighted by Gasteiger charge is -2.18. The van der Waals surface area contributed by atoms with Crippen molar-refractivity contribution in [3.63, 3.8) is 0 Å². The minimum atomic E-state index is -0.311. The van der Waals surface area contributed by atoms with Crippen LogP contribution in [-0.4, -0.2) is 11.8 Å². The van der Waals surface area contributed by atoms with Gasteiger partial charge in [-0.25, -0.2) is 4.90 Å². The van der Waals surface area contributed by atoms with Crippen molar-refractivity contribution in [1.29, 1.82) is 0 Å². The van der Waals surface area contributed by atoms with Crippen molar-refractivity contribution in [3.05, 3.63) is 78.9 Å². The van der Waals surface area contributed by atoms with E-state index in [9.17, 15) is 9.59 Å². The van der Waals surface area contributed by atoms with Gasteiger partial charge >= 0.3 is 0 Å². The van der Waals surface area contributed by atoms with Gasteiger partial charge in [-0.15, -0.1) is 0 Å². The highest BCUT2D eigenvalue weighted by atomic mass is 16.2. The minimum absolute atomic E-state index is 0.311. The third-order valence-electron chi connectivity index (χ3n) is 4.00. The zero-order valence-electron chi connectivity index (χ0n) is 12.8. The van der Waals surface area contributed by atoms with E-state index in [1.807, 2.05) is 60.7 Å². The van der Waals surface area contributed by atoms with Gasteiger partial charge in [-0.2, -0.15) is 0 Å². The Morgan fingerprint density at radius 3 is 2.00 bits per heavy atom. The lowest BCUT2D eigenvalue weighted by Crippen LogP contribution is -2.29. The number of fused-ring (bicyclic) bond motifs is 1. The molecule has 1 N–H and O–H groups in total. The van der Waals surface area contributed by atoms with Gasteiger partial charge in [-0.1, -0.05) is 42.5 Å². The summed E-state index contributed by atoms with van der Waals surface area (Å²) in [6, 6.07) is 21.3. The molecule has 116 valence electrons. The van der Waals surface area contributed by atoms with Crippen molar-refractivity contribution in [3.8, 4) is 0 Å². The highest BCUT2D eigenvalue weighted by molar-refractivity contribution is 6.30. The molecule has 24 heavy (non-hydrogen) atoms. The fraction of sp³-hybridized carbons (Fsp3) is 0. The van der Waals surface area contributed by atoms with Gasteiger partial charge in [0.1, 0.15) is 0 Å². The second-order valence-corrected chi connectivity index (χ2v) is 5.51. The number of carbonyl (C=O) groups excluding carboxylic acids is 2. The number of amides is 2. The van der Waals surface area contributed by atoms with Crippen LogP contribution in [0.5, 0.6) is 0 Å². The average Bonchev–Trinajstić information content (AvgIpc) is 2.95. The third kappa shape index (κ3) is 2.34. The minimum Gasteiger partial charge on any atom is -0.355 e. The van der Waals surface area contributed by atoms with Crippen LogP contribution >= 0.6 is 0 Å². The number of nitrogens with zero attached hydrogens (tertiary/aromatic N) is 1. The molecule has 0 radical (unpaired) electrons. The van der Waals surface area contributed by atoms with Crippen LogP contribution in [0.4, 0.5) is 17.1 Å². The van der Waals surface area contributed by atoms with Crippen molar-refractivity contribution in [2.45, 2.75) is 0 Å². The number of nitrogens with one attached hydrogen (secondary N) is 1. The van der Waals surface area contributed by atoms with Crippen LogP contribution in [0.15, 0.2) is 78.9 Å². The van der Waals surface area contributed by atoms with Crippen LogP contribution in [0.25, 0.3) is 10.8 Å². The lowest BCUT2D eigenvalue weighted by atomic mass is 10.1. The van der Waals surface area contributed by atoms with Gasteiger partial charge in [-0.05, 0) is 24.3 Å². The summed E-state index contributed by atoms with van der Waals surface area (Å²) >= 11 is 0. The summed E-state index contributed by atoms with van der Waals surface area (Å²) in [6.45, 7) is 0. The zero-order valence-corrected chi connectivity index (χ0v) is 12.8. The fourth-order valence-electron chi connectivity index (χ4n) is 2.90. The molecule has 1 aliphatic rings. The van der Waals surface area contributed by atoms with Gasteiger partial charge < -0.3 is 5.32 Å². The van der Waals surface area contributed by atoms with Crippen molar-refractivity contribution < 1.29 is 9.59 Å². The van der Waals surface area contributed by atoms with Crippen molar-refractivity contribution >= 4 is 39.6 Å². The average molecular weight is 314 g/mol. The molecule has 3 aromatic rings. The third-order valence-corrected chi connectivity index (χ3v) is 4.00. The molecule has 0 unspecified atom stereocenters. The first-order valence-corrected chi connectivity index (χ1v) is 7.64. The van der Waals surface area contributed by atoms with E-state index in [0.29, 0.717) is 5.69 Å². The summed E-state index contributed by atoms with van der Waals surface area (Å²) in [7, 11) is 0. The van der Waals surface area contributed by atoms with Gasteiger partial charge in [0.15, 0.2) is 0 Å². The quantitative estimate of drug-likeness (QED) is 0.743. The Labute approximate surface area is 139 Å². The van der Waals surface area contributed by atoms with Crippen molar-refractivity contribution in [1.82, 2.24) is 0 Å². The molecule has 3 aromatic carbocycles. The molecule has 0 atom stereocenters. The number of hydrogen-bond donors (Lipinski definition) is 1. The number of imide groups is 1. The highest BCUT2D eigenvalue weighted by Gasteiger charge is 2.26. The van der Waals surface area contributed by atoms with E-state index >= 15 is 0 Å². The molecule has 0 saturated carbocycles. The predicted octanol–water partition coefficient (Wildman–Crippen LogP) is 4.01. The molecule has 2 amide bonds. The molecule has 0 aromatic heterocycles. The molecular weight excluding hydrogens is 300 g/mol. The molecule has 1 heterocycles. The molecule has 0 saturated heterocycles. The van der Waals surface area contributed by atoms with Crippen LogP contribution < -0.4 is 10.2 Å². The summed E-state index contributed by atoms with van der Waals surface area (Å²) in [5.41, 5.74) is 2.50. The first kappa shape index (κ1) is 14.2. The molecule has 0 spiro atoms. The number of hydrogen-bond acceptors (Lipinski definition) is 3. The smallest absolute Gasteiger partial charge is 0.258 e. The zero-order chi connectivity index (χ0) is 16.5. The highest BCUT2D eigenvalue weighted by Crippen LogP contribution is 2.34. The Kier molecular flexibility index (Phi) is 3.35. The van der Waals surface area contributed by atoms with Gasteiger partial charge in [-0.3, -0.25) is 9.59 Å². The largest absolute Gasteiger partial charge is 0.355 e. The summed E-state index contributed by atoms with van der Waals surface area (Å²) in [5.74, 6) is -0.622. The Morgan fingerprint density at radius 2 is 1.29 bits per heavy atom. The van der Waals surface area contributed by atoms with Crippen LogP contribution in [0.1, 0.15) is 0 Å². The second-order valence-electron chi connectivity index (χ2n) is 5.51. The molecular formula is C20H14N2O2. The Bertz CT molecular complexity index is 959. The first-order chi connectivity index (χ1) is 11.7. The molecule has 0 aliphatic carbocycles. The van der Waals surface area contributed by atoms with Crippen LogP contribution in [0, 0.1) is 0 Å². The SMILES string of the molecule is O=C1C=CC(=O)N1c1ccc(Nc2ccccc2)c2ccccc12. The fourth-order valence-corrected chi connectivity index (χ4v) is 2.90. The van der Waals surface area contributed by atoms with Crippen molar-refractivity contribution in [2.24, 2.45) is 0 Å². The van der Waals surface area contributed by atoms with Crippen LogP contribution in [-0.2, 0) is 9.59 Å². The molecule has 4 nitrogen and oxygen atoms in total. The maximum Gasteiger partial charge on any atom is 0.258 e. The number of rotatable bonds is 3. The van der Waals surface area contributed by atoms with E-state index in [4.69, 9.17) is 0 Å². The summed E-state index contributed by atoms with van der Waals surface area (Å²) in [6.07, 6.45) is 2.60. The maximum atomic E-state index is 12.0. The summed E-state index contributed by atoms with van der Waals surface area (Å²) < 4.78 is 0. The number of anilines is 3. The lowest BCUT2D eigenvalue weighted by molar-refractivity contribution is -0.119. The first-order valence-electron chi connectivity index (χ1n) is 7.64.